The molecule has 1 saturated carbocycles. The topological polar surface area (TPSA) is 72.5 Å². The lowest BCUT2D eigenvalue weighted by atomic mass is 10.1. The number of imidazole rings is 1. The Hall–Kier alpha value is -2.30. The number of aromatic amines is 1. The quantitative estimate of drug-likeness (QED) is 0.736. The number of nitrogens with zero attached hydrogens (tertiary/aromatic N) is 3. The molecule has 2 heterocycles. The van der Waals surface area contributed by atoms with Gasteiger partial charge in [0.25, 0.3) is 0 Å². The summed E-state index contributed by atoms with van der Waals surface area (Å²) < 4.78 is 2.21. The third-order valence-corrected chi connectivity index (χ3v) is 3.77. The fourth-order valence-corrected chi connectivity index (χ4v) is 2.58. The first kappa shape index (κ1) is 10.6. The van der Waals surface area contributed by atoms with E-state index in [-0.39, 0.29) is 0 Å². The van der Waals surface area contributed by atoms with Gasteiger partial charge in [0.05, 0.1) is 16.7 Å². The van der Waals surface area contributed by atoms with Gasteiger partial charge in [0.1, 0.15) is 11.6 Å². The van der Waals surface area contributed by atoms with Crippen molar-refractivity contribution < 1.29 is 0 Å². The second-order valence-electron chi connectivity index (χ2n) is 5.21. The van der Waals surface area contributed by atoms with Gasteiger partial charge < -0.3 is 10.3 Å². The number of anilines is 1. The molecule has 3 N–H and O–H groups in total. The van der Waals surface area contributed by atoms with Crippen LogP contribution in [0.1, 0.15) is 24.6 Å². The molecule has 0 spiro atoms. The minimum atomic E-state index is 0.509. The Kier molecular flexibility index (Phi) is 2.01. The molecular formula is C14H15N5. The van der Waals surface area contributed by atoms with E-state index in [0.717, 1.165) is 16.8 Å². The van der Waals surface area contributed by atoms with E-state index in [1.807, 2.05) is 6.07 Å². The molecule has 1 fully saturated rings. The van der Waals surface area contributed by atoms with Gasteiger partial charge in [-0.25, -0.2) is 4.98 Å². The lowest BCUT2D eigenvalue weighted by Crippen LogP contribution is -1.94. The van der Waals surface area contributed by atoms with Crippen LogP contribution in [-0.2, 0) is 7.05 Å². The molecule has 0 amide bonds. The van der Waals surface area contributed by atoms with E-state index in [1.54, 1.807) is 0 Å². The Morgan fingerprint density at radius 1 is 1.32 bits per heavy atom. The van der Waals surface area contributed by atoms with Crippen LogP contribution in [0.25, 0.3) is 22.3 Å². The number of fused-ring (bicyclic) bond motifs is 1. The standard InChI is InChI=1S/C14H15N5/c1-19-12-5-4-9(10-7-13(15)18-17-10)6-11(12)16-14(19)8-2-3-8/h4-8H,2-3H2,1H3,(H3,15,17,18). The molecule has 5 heteroatoms. The van der Waals surface area contributed by atoms with E-state index in [0.29, 0.717) is 11.7 Å². The minimum absolute atomic E-state index is 0.509. The van der Waals surface area contributed by atoms with Crippen molar-refractivity contribution in [3.05, 3.63) is 30.1 Å². The number of rotatable bonds is 2. The number of hydrogen-bond acceptors (Lipinski definition) is 3. The SMILES string of the molecule is Cn1c(C2CC2)nc2cc(-c3cc(N)n[nH]3)ccc21. The van der Waals surface area contributed by atoms with Gasteiger partial charge in [-0.2, -0.15) is 5.10 Å². The van der Waals surface area contributed by atoms with Crippen molar-refractivity contribution in [2.24, 2.45) is 7.05 Å². The van der Waals surface area contributed by atoms with Crippen molar-refractivity contribution in [1.82, 2.24) is 19.7 Å². The van der Waals surface area contributed by atoms with Crippen molar-refractivity contribution in [2.45, 2.75) is 18.8 Å². The maximum Gasteiger partial charge on any atom is 0.145 e. The van der Waals surface area contributed by atoms with Gasteiger partial charge in [-0.1, -0.05) is 6.07 Å². The Morgan fingerprint density at radius 2 is 2.16 bits per heavy atom. The van der Waals surface area contributed by atoms with Gasteiger partial charge in [-0.05, 0) is 25.0 Å². The molecule has 1 aromatic carbocycles. The summed E-state index contributed by atoms with van der Waals surface area (Å²) in [6.45, 7) is 0. The smallest absolute Gasteiger partial charge is 0.145 e. The van der Waals surface area contributed by atoms with Gasteiger partial charge in [0.2, 0.25) is 0 Å². The summed E-state index contributed by atoms with van der Waals surface area (Å²) >= 11 is 0. The predicted octanol–water partition coefficient (Wildman–Crippen LogP) is 2.42. The van der Waals surface area contributed by atoms with Gasteiger partial charge in [-0.3, -0.25) is 5.10 Å². The number of aromatic nitrogens is 4. The lowest BCUT2D eigenvalue weighted by Gasteiger charge is -2.00. The summed E-state index contributed by atoms with van der Waals surface area (Å²) in [5, 5.41) is 6.89. The van der Waals surface area contributed by atoms with E-state index < -0.39 is 0 Å². The first-order chi connectivity index (χ1) is 9.22. The summed E-state index contributed by atoms with van der Waals surface area (Å²) in [5.41, 5.74) is 9.85. The van der Waals surface area contributed by atoms with Crippen LogP contribution in [0.2, 0.25) is 0 Å². The number of nitrogen functional groups attached to an aromatic ring is 1. The van der Waals surface area contributed by atoms with Crippen LogP contribution >= 0.6 is 0 Å². The Morgan fingerprint density at radius 3 is 2.84 bits per heavy atom. The first-order valence-corrected chi connectivity index (χ1v) is 6.50. The van der Waals surface area contributed by atoms with E-state index in [2.05, 4.69) is 40.0 Å². The second-order valence-corrected chi connectivity index (χ2v) is 5.21. The molecule has 4 rings (SSSR count). The van der Waals surface area contributed by atoms with Crippen molar-refractivity contribution in [3.8, 4) is 11.3 Å². The minimum Gasteiger partial charge on any atom is -0.382 e. The van der Waals surface area contributed by atoms with Crippen LogP contribution in [-0.4, -0.2) is 19.7 Å². The summed E-state index contributed by atoms with van der Waals surface area (Å²) in [6.07, 6.45) is 2.53. The average molecular weight is 253 g/mol. The predicted molar refractivity (Wildman–Crippen MR) is 74.7 cm³/mol. The molecule has 1 aliphatic carbocycles. The van der Waals surface area contributed by atoms with Crippen LogP contribution in [0.5, 0.6) is 0 Å². The Labute approximate surface area is 110 Å². The molecule has 0 saturated heterocycles. The van der Waals surface area contributed by atoms with E-state index in [1.165, 1.54) is 24.2 Å². The molecule has 3 aromatic rings. The van der Waals surface area contributed by atoms with Crippen molar-refractivity contribution in [2.75, 3.05) is 5.73 Å². The summed E-state index contributed by atoms with van der Waals surface area (Å²) in [5.74, 6) is 2.37. The molecule has 96 valence electrons. The molecule has 0 radical (unpaired) electrons. The van der Waals surface area contributed by atoms with Gasteiger partial charge in [0.15, 0.2) is 0 Å². The molecule has 0 atom stereocenters. The zero-order chi connectivity index (χ0) is 13.0. The van der Waals surface area contributed by atoms with E-state index in [9.17, 15) is 0 Å². The Bertz CT molecular complexity index is 763. The van der Waals surface area contributed by atoms with E-state index >= 15 is 0 Å². The van der Waals surface area contributed by atoms with Crippen LogP contribution in [0.3, 0.4) is 0 Å². The molecule has 5 nitrogen and oxygen atoms in total. The third-order valence-electron chi connectivity index (χ3n) is 3.77. The highest BCUT2D eigenvalue weighted by Crippen LogP contribution is 2.40. The van der Waals surface area contributed by atoms with Crippen LogP contribution < -0.4 is 5.73 Å². The summed E-state index contributed by atoms with van der Waals surface area (Å²) in [4.78, 5) is 4.76. The number of benzene rings is 1. The molecular weight excluding hydrogens is 238 g/mol. The molecule has 2 aromatic heterocycles. The fraction of sp³-hybridized carbons (Fsp3) is 0.286. The zero-order valence-electron chi connectivity index (χ0n) is 10.7. The normalized spacial score (nSPS) is 15.2. The summed E-state index contributed by atoms with van der Waals surface area (Å²) in [6, 6.07) is 8.12. The van der Waals surface area contributed by atoms with Crippen molar-refractivity contribution in [3.63, 3.8) is 0 Å². The van der Waals surface area contributed by atoms with Gasteiger partial charge in [-0.15, -0.1) is 0 Å². The third kappa shape index (κ3) is 1.62. The zero-order valence-corrected chi connectivity index (χ0v) is 10.7. The lowest BCUT2D eigenvalue weighted by molar-refractivity contribution is 0.820. The summed E-state index contributed by atoms with van der Waals surface area (Å²) in [7, 11) is 2.09. The van der Waals surface area contributed by atoms with E-state index in [4.69, 9.17) is 10.7 Å². The molecule has 1 aliphatic rings. The van der Waals surface area contributed by atoms with Crippen molar-refractivity contribution in [1.29, 1.82) is 0 Å². The highest BCUT2D eigenvalue weighted by atomic mass is 15.2. The number of nitrogens with one attached hydrogen (secondary N) is 1. The monoisotopic (exact) mass is 253 g/mol. The largest absolute Gasteiger partial charge is 0.382 e. The van der Waals surface area contributed by atoms with Crippen molar-refractivity contribution >= 4 is 16.9 Å². The highest BCUT2D eigenvalue weighted by molar-refractivity contribution is 5.82. The average Bonchev–Trinajstić information content (AvgIpc) is 3.08. The van der Waals surface area contributed by atoms with Crippen LogP contribution in [0, 0.1) is 0 Å². The van der Waals surface area contributed by atoms with Gasteiger partial charge >= 0.3 is 0 Å². The second kappa shape index (κ2) is 3.60. The van der Waals surface area contributed by atoms with Gasteiger partial charge in [0, 0.05) is 24.6 Å². The molecule has 0 unspecified atom stereocenters. The number of nitrogens with two attached hydrogens (primary N) is 1. The highest BCUT2D eigenvalue weighted by Gasteiger charge is 2.28. The first-order valence-electron chi connectivity index (χ1n) is 6.50. The number of H-pyrrole nitrogens is 1. The molecule has 0 bridgehead atoms. The number of hydrogen-bond donors (Lipinski definition) is 2. The van der Waals surface area contributed by atoms with Crippen LogP contribution in [0.15, 0.2) is 24.3 Å². The Balaban J connectivity index is 1.87. The maximum absolute atomic E-state index is 5.64. The number of aryl methyl sites for hydroxylation is 1. The fourth-order valence-electron chi connectivity index (χ4n) is 2.58. The molecule has 0 aliphatic heterocycles. The molecule has 19 heavy (non-hydrogen) atoms. The maximum atomic E-state index is 5.64. The van der Waals surface area contributed by atoms with Crippen LogP contribution in [0.4, 0.5) is 5.82 Å².